The summed E-state index contributed by atoms with van der Waals surface area (Å²) in [5.41, 5.74) is 0. The first kappa shape index (κ1) is 32.0. The Morgan fingerprint density at radius 2 is 0.750 bits per heavy atom. The summed E-state index contributed by atoms with van der Waals surface area (Å²) >= 11 is 0. The second kappa shape index (κ2) is 18.4. The van der Waals surface area contributed by atoms with Gasteiger partial charge in [0.25, 0.3) is 0 Å². The predicted octanol–water partition coefficient (Wildman–Crippen LogP) is 5.32. The molecule has 0 fully saturated rings. The molecule has 3 N–H and O–H groups in total. The first-order chi connectivity index (χ1) is 15.0. The number of hydrogen-bond donors (Lipinski definition) is 3. The Kier molecular flexibility index (Phi) is 18.4. The van der Waals surface area contributed by atoms with Crippen LogP contribution in [0, 0.1) is 0 Å². The average Bonchev–Trinajstić information content (AvgIpc) is 2.66. The third-order valence-corrected chi connectivity index (χ3v) is 7.94. The molecular weight excluding hydrogens is 416 g/mol. The maximum absolute atomic E-state index is 9.16. The second-order valence-electron chi connectivity index (χ2n) is 11.6. The molecule has 5 nitrogen and oxygen atoms in total. The highest BCUT2D eigenvalue weighted by atomic mass is 28.4. The van der Waals surface area contributed by atoms with E-state index < -0.39 is 8.80 Å². The third-order valence-electron chi connectivity index (χ3n) is 6.92. The van der Waals surface area contributed by atoms with Gasteiger partial charge in [0.05, 0.1) is 54.4 Å². The fraction of sp³-hybridized carbons (Fsp3) is 1.00. The predicted molar refractivity (Wildman–Crippen MR) is 140 cm³/mol. The molecule has 6 heteroatoms. The van der Waals surface area contributed by atoms with Gasteiger partial charge >= 0.3 is 8.80 Å². The number of nitrogens with zero attached hydrogens (tertiary/aromatic N) is 2. The summed E-state index contributed by atoms with van der Waals surface area (Å²) in [6.45, 7) is 6.71. The van der Waals surface area contributed by atoms with E-state index in [1.54, 1.807) is 0 Å². The maximum Gasteiger partial charge on any atom is 0.492 e. The molecule has 0 aromatic rings. The van der Waals surface area contributed by atoms with Gasteiger partial charge in [0.2, 0.25) is 0 Å². The summed E-state index contributed by atoms with van der Waals surface area (Å²) in [7, 11) is 5.23. The quantitative estimate of drug-likeness (QED) is 0.106. The number of hydrogen-bond acceptors (Lipinski definition) is 3. The van der Waals surface area contributed by atoms with Crippen molar-refractivity contribution in [3.8, 4) is 0 Å². The van der Waals surface area contributed by atoms with Gasteiger partial charge in [0.15, 0.2) is 0 Å². The van der Waals surface area contributed by atoms with E-state index in [1.807, 2.05) is 0 Å². The third kappa shape index (κ3) is 23.2. The highest BCUT2D eigenvalue weighted by Gasteiger charge is 2.28. The van der Waals surface area contributed by atoms with E-state index in [9.17, 15) is 0 Å². The monoisotopic (exact) mass is 476 g/mol. The van der Waals surface area contributed by atoms with Crippen molar-refractivity contribution in [3.05, 3.63) is 0 Å². The van der Waals surface area contributed by atoms with Gasteiger partial charge in [0, 0.05) is 18.9 Å². The van der Waals surface area contributed by atoms with E-state index in [2.05, 4.69) is 35.1 Å². The van der Waals surface area contributed by atoms with Gasteiger partial charge in [-0.3, -0.25) is 0 Å². The van der Waals surface area contributed by atoms with Gasteiger partial charge in [-0.25, -0.2) is 0 Å². The summed E-state index contributed by atoms with van der Waals surface area (Å²) in [5.74, 6) is 0. The second-order valence-corrected chi connectivity index (χ2v) is 13.6. The zero-order valence-corrected chi connectivity index (χ0v) is 23.6. The minimum atomic E-state index is -3.87. The molecule has 0 rings (SSSR count). The van der Waals surface area contributed by atoms with Crippen LogP contribution in [0.5, 0.6) is 0 Å². The van der Waals surface area contributed by atoms with Crippen molar-refractivity contribution in [3.63, 3.8) is 0 Å². The van der Waals surface area contributed by atoms with Crippen LogP contribution in [-0.2, 0) is 0 Å². The first-order valence-corrected chi connectivity index (χ1v) is 15.8. The van der Waals surface area contributed by atoms with Crippen LogP contribution in [0.15, 0.2) is 0 Å². The normalized spacial score (nSPS) is 13.1. The molecule has 0 radical (unpaired) electrons. The minimum Gasteiger partial charge on any atom is -0.390 e. The van der Waals surface area contributed by atoms with Crippen LogP contribution in [0.25, 0.3) is 0 Å². The molecule has 194 valence electrons. The smallest absolute Gasteiger partial charge is 0.390 e. The van der Waals surface area contributed by atoms with Crippen molar-refractivity contribution >= 4 is 8.80 Å². The van der Waals surface area contributed by atoms with Gasteiger partial charge < -0.3 is 23.4 Å². The van der Waals surface area contributed by atoms with Crippen LogP contribution in [0.3, 0.4) is 0 Å². The molecule has 0 saturated carbocycles. The van der Waals surface area contributed by atoms with E-state index in [0.29, 0.717) is 6.42 Å². The summed E-state index contributed by atoms with van der Waals surface area (Å²) < 4.78 is 1.97. The molecule has 0 unspecified atom stereocenters. The largest absolute Gasteiger partial charge is 0.492 e. The van der Waals surface area contributed by atoms with Crippen LogP contribution in [0.2, 0.25) is 6.04 Å². The molecule has 0 aliphatic heterocycles. The molecule has 0 atom stereocenters. The summed E-state index contributed by atoms with van der Waals surface area (Å²) in [6.07, 6.45) is 21.6. The molecule has 0 aliphatic rings. The van der Waals surface area contributed by atoms with Gasteiger partial charge in [0.1, 0.15) is 0 Å². The fourth-order valence-corrected chi connectivity index (χ4v) is 5.26. The molecule has 0 aromatic carbocycles. The first-order valence-electron chi connectivity index (χ1n) is 13.8. The van der Waals surface area contributed by atoms with Crippen molar-refractivity contribution in [1.29, 1.82) is 0 Å². The molecule has 0 spiro atoms. The van der Waals surface area contributed by atoms with Crippen LogP contribution in [-0.4, -0.2) is 86.5 Å². The van der Waals surface area contributed by atoms with E-state index in [-0.39, 0.29) is 6.04 Å². The zero-order chi connectivity index (χ0) is 24.3. The SMILES string of the molecule is CCCCCCCCCCCCCCCC[N+](C)(C)CCC[N+](C)(C)CCC[Si](O)(O)O. The summed E-state index contributed by atoms with van der Waals surface area (Å²) in [4.78, 5) is 27.5. The van der Waals surface area contributed by atoms with Crippen LogP contribution in [0.1, 0.15) is 110 Å². The minimum absolute atomic E-state index is 0.148. The van der Waals surface area contributed by atoms with E-state index in [1.165, 1.54) is 109 Å². The Hall–Kier alpha value is 0.0169. The molecular formula is C26H60N2O3Si+2. The molecule has 0 saturated heterocycles. The Bertz CT molecular complexity index is 426. The van der Waals surface area contributed by atoms with E-state index in [4.69, 9.17) is 14.4 Å². The van der Waals surface area contributed by atoms with Gasteiger partial charge in [-0.1, -0.05) is 84.0 Å². The summed E-state index contributed by atoms with van der Waals surface area (Å²) in [6, 6.07) is 0.148. The van der Waals surface area contributed by atoms with Crippen molar-refractivity contribution in [2.45, 2.75) is 116 Å². The molecule has 0 bridgehead atoms. The highest BCUT2D eigenvalue weighted by Crippen LogP contribution is 2.14. The molecule has 0 heterocycles. The molecule has 0 aliphatic carbocycles. The van der Waals surface area contributed by atoms with E-state index >= 15 is 0 Å². The van der Waals surface area contributed by atoms with Crippen molar-refractivity contribution < 1.29 is 23.4 Å². The van der Waals surface area contributed by atoms with Gasteiger partial charge in [-0.2, -0.15) is 0 Å². The van der Waals surface area contributed by atoms with Crippen molar-refractivity contribution in [2.75, 3.05) is 54.4 Å². The van der Waals surface area contributed by atoms with Crippen LogP contribution < -0.4 is 0 Å². The lowest BCUT2D eigenvalue weighted by atomic mass is 10.0. The average molecular weight is 477 g/mol. The van der Waals surface area contributed by atoms with Crippen molar-refractivity contribution in [1.82, 2.24) is 0 Å². The van der Waals surface area contributed by atoms with E-state index in [0.717, 1.165) is 22.1 Å². The highest BCUT2D eigenvalue weighted by molar-refractivity contribution is 6.56. The molecule has 0 aromatic heterocycles. The van der Waals surface area contributed by atoms with Crippen LogP contribution in [0.4, 0.5) is 0 Å². The van der Waals surface area contributed by atoms with Gasteiger partial charge in [-0.15, -0.1) is 0 Å². The Morgan fingerprint density at radius 3 is 1.12 bits per heavy atom. The fourth-order valence-electron chi connectivity index (χ4n) is 4.63. The lowest BCUT2D eigenvalue weighted by molar-refractivity contribution is -0.909. The van der Waals surface area contributed by atoms with Crippen LogP contribution >= 0.6 is 0 Å². The van der Waals surface area contributed by atoms with Crippen molar-refractivity contribution in [2.24, 2.45) is 0 Å². The number of rotatable bonds is 23. The van der Waals surface area contributed by atoms with Gasteiger partial charge in [-0.05, 0) is 12.8 Å². The lowest BCUT2D eigenvalue weighted by Gasteiger charge is -2.34. The lowest BCUT2D eigenvalue weighted by Crippen LogP contribution is -2.46. The summed E-state index contributed by atoms with van der Waals surface area (Å²) in [5, 5.41) is 0. The zero-order valence-electron chi connectivity index (χ0n) is 22.6. The molecule has 0 amide bonds. The number of unbranched alkanes of at least 4 members (excludes halogenated alkanes) is 13. The molecule has 32 heavy (non-hydrogen) atoms. The number of quaternary nitrogens is 2. The Labute approximate surface area is 202 Å². The maximum atomic E-state index is 9.16. The standard InChI is InChI=1S/C26H60N2O3Si/c1-6-7-8-9-10-11-12-13-14-15-16-17-18-19-22-27(2,3)23-20-24-28(4,5)25-21-26-32(29,30)31/h29-31H,6-26H2,1-5H3/q+2. The Balaban J connectivity index is 3.59. The Morgan fingerprint density at radius 1 is 0.438 bits per heavy atom. The topological polar surface area (TPSA) is 60.7 Å².